The van der Waals surface area contributed by atoms with Crippen molar-refractivity contribution in [1.29, 1.82) is 0 Å². The average molecular weight is 424 g/mol. The molecule has 0 N–H and O–H groups in total. The minimum Gasteiger partial charge on any atom is -0.319 e. The first kappa shape index (κ1) is 19.6. The van der Waals surface area contributed by atoms with E-state index in [0.29, 0.717) is 22.8 Å². The van der Waals surface area contributed by atoms with Gasteiger partial charge in [-0.15, -0.1) is 0 Å². The van der Waals surface area contributed by atoms with Gasteiger partial charge in [-0.05, 0) is 84.4 Å². The van der Waals surface area contributed by atoms with E-state index in [9.17, 15) is 4.39 Å². The molecule has 0 radical (unpaired) electrons. The average Bonchev–Trinajstić information content (AvgIpc) is 3.01. The van der Waals surface area contributed by atoms with E-state index in [1.807, 2.05) is 58.7 Å². The second-order valence-electron chi connectivity index (χ2n) is 6.95. The number of halogens is 2. The zero-order valence-corrected chi connectivity index (χ0v) is 17.4. The lowest BCUT2D eigenvalue weighted by atomic mass is 10.0. The number of benzene rings is 2. The van der Waals surface area contributed by atoms with Gasteiger partial charge in [0.2, 0.25) is 0 Å². The van der Waals surface area contributed by atoms with Gasteiger partial charge in [0.25, 0.3) is 0 Å². The van der Waals surface area contributed by atoms with Crippen molar-refractivity contribution in [2.45, 2.75) is 19.9 Å². The highest BCUT2D eigenvalue weighted by Crippen LogP contribution is 2.22. The van der Waals surface area contributed by atoms with Gasteiger partial charge in [0, 0.05) is 48.0 Å². The Balaban J connectivity index is 1.81. The van der Waals surface area contributed by atoms with Gasteiger partial charge < -0.3 is 4.57 Å². The Morgan fingerprint density at radius 3 is 2.48 bits per heavy atom. The summed E-state index contributed by atoms with van der Waals surface area (Å²) >= 11 is 11.9. The van der Waals surface area contributed by atoms with Gasteiger partial charge in [0.15, 0.2) is 4.77 Å². The van der Waals surface area contributed by atoms with Crippen LogP contribution in [-0.2, 0) is 13.0 Å². The SMILES string of the molecule is Cc1ccc(F)cc1Cc1cn(Cc2ccncc2)c(=S)n1-c1ccc(Cl)cc1. The van der Waals surface area contributed by atoms with Crippen molar-refractivity contribution in [3.8, 4) is 5.69 Å². The quantitative estimate of drug-likeness (QED) is 0.359. The number of aryl methyl sites for hydroxylation is 1. The van der Waals surface area contributed by atoms with E-state index >= 15 is 0 Å². The van der Waals surface area contributed by atoms with E-state index in [1.165, 1.54) is 6.07 Å². The van der Waals surface area contributed by atoms with Crippen molar-refractivity contribution in [3.05, 3.63) is 111 Å². The van der Waals surface area contributed by atoms with Crippen molar-refractivity contribution in [2.75, 3.05) is 0 Å². The largest absolute Gasteiger partial charge is 0.319 e. The highest BCUT2D eigenvalue weighted by molar-refractivity contribution is 7.71. The maximum Gasteiger partial charge on any atom is 0.185 e. The molecule has 146 valence electrons. The van der Waals surface area contributed by atoms with Gasteiger partial charge in [-0.25, -0.2) is 4.39 Å². The molecular weight excluding hydrogens is 405 g/mol. The highest BCUT2D eigenvalue weighted by atomic mass is 35.5. The second-order valence-corrected chi connectivity index (χ2v) is 7.75. The Morgan fingerprint density at radius 2 is 1.76 bits per heavy atom. The third-order valence-electron chi connectivity index (χ3n) is 4.90. The van der Waals surface area contributed by atoms with Crippen molar-refractivity contribution in [2.24, 2.45) is 0 Å². The molecule has 2 heterocycles. The number of hydrogen-bond acceptors (Lipinski definition) is 2. The molecular formula is C23H19ClFN3S. The summed E-state index contributed by atoms with van der Waals surface area (Å²) in [7, 11) is 0. The van der Waals surface area contributed by atoms with Crippen molar-refractivity contribution in [1.82, 2.24) is 14.1 Å². The van der Waals surface area contributed by atoms with Crippen LogP contribution in [-0.4, -0.2) is 14.1 Å². The van der Waals surface area contributed by atoms with Gasteiger partial charge in [-0.2, -0.15) is 0 Å². The van der Waals surface area contributed by atoms with Gasteiger partial charge in [-0.1, -0.05) is 17.7 Å². The molecule has 4 rings (SSSR count). The van der Waals surface area contributed by atoms with Gasteiger partial charge in [0.1, 0.15) is 5.82 Å². The number of aromatic nitrogens is 3. The number of nitrogens with zero attached hydrogens (tertiary/aromatic N) is 3. The zero-order chi connectivity index (χ0) is 20.4. The Labute approximate surface area is 179 Å². The molecule has 0 fully saturated rings. The van der Waals surface area contributed by atoms with Crippen LogP contribution in [0.3, 0.4) is 0 Å². The van der Waals surface area contributed by atoms with Gasteiger partial charge >= 0.3 is 0 Å². The van der Waals surface area contributed by atoms with Crippen molar-refractivity contribution in [3.63, 3.8) is 0 Å². The third-order valence-corrected chi connectivity index (χ3v) is 5.57. The first-order chi connectivity index (χ1) is 14.0. The maximum absolute atomic E-state index is 13.8. The molecule has 0 amide bonds. The van der Waals surface area contributed by atoms with E-state index < -0.39 is 0 Å². The van der Waals surface area contributed by atoms with Crippen LogP contribution in [0.25, 0.3) is 5.69 Å². The van der Waals surface area contributed by atoms with Gasteiger partial charge in [0.05, 0.1) is 0 Å². The lowest BCUT2D eigenvalue weighted by Gasteiger charge is -2.10. The number of imidazole rings is 1. The lowest BCUT2D eigenvalue weighted by Crippen LogP contribution is -2.03. The minimum absolute atomic E-state index is 0.238. The van der Waals surface area contributed by atoms with E-state index in [4.69, 9.17) is 23.8 Å². The van der Waals surface area contributed by atoms with Crippen LogP contribution < -0.4 is 0 Å². The smallest absolute Gasteiger partial charge is 0.185 e. The number of rotatable bonds is 5. The summed E-state index contributed by atoms with van der Waals surface area (Å²) in [6.45, 7) is 2.63. The zero-order valence-electron chi connectivity index (χ0n) is 15.8. The molecule has 3 nitrogen and oxygen atoms in total. The van der Waals surface area contributed by atoms with E-state index in [-0.39, 0.29) is 5.82 Å². The van der Waals surface area contributed by atoms with Crippen LogP contribution in [0.15, 0.2) is 73.2 Å². The lowest BCUT2D eigenvalue weighted by molar-refractivity contribution is 0.625. The second kappa shape index (κ2) is 8.31. The summed E-state index contributed by atoms with van der Waals surface area (Å²) < 4.78 is 18.6. The number of hydrogen-bond donors (Lipinski definition) is 0. The molecule has 0 aliphatic carbocycles. The molecule has 0 bridgehead atoms. The highest BCUT2D eigenvalue weighted by Gasteiger charge is 2.13. The monoisotopic (exact) mass is 423 g/mol. The number of pyridine rings is 1. The van der Waals surface area contributed by atoms with Crippen LogP contribution in [0.4, 0.5) is 4.39 Å². The van der Waals surface area contributed by atoms with Crippen LogP contribution in [0.1, 0.15) is 22.4 Å². The molecule has 6 heteroatoms. The molecule has 0 saturated carbocycles. The predicted molar refractivity (Wildman–Crippen MR) is 117 cm³/mol. The summed E-state index contributed by atoms with van der Waals surface area (Å²) in [5.41, 5.74) is 5.00. The maximum atomic E-state index is 13.8. The van der Waals surface area contributed by atoms with Crippen molar-refractivity contribution >= 4 is 23.8 Å². The Bertz CT molecular complexity index is 1200. The van der Waals surface area contributed by atoms with Crippen LogP contribution in [0.2, 0.25) is 5.02 Å². The first-order valence-electron chi connectivity index (χ1n) is 9.22. The standard InChI is InChI=1S/C23H19ClFN3S/c1-16-2-5-20(25)12-18(16)13-22-15-27(14-17-8-10-26-11-9-17)23(29)28(22)21-6-3-19(24)4-7-21/h2-12,15H,13-14H2,1H3. The third kappa shape index (κ3) is 4.31. The predicted octanol–water partition coefficient (Wildman–Crippen LogP) is 6.14. The Hall–Kier alpha value is -2.76. The normalized spacial score (nSPS) is 11.0. The van der Waals surface area contributed by atoms with Gasteiger partial charge in [-0.3, -0.25) is 9.55 Å². The Kier molecular flexibility index (Phi) is 5.60. The molecule has 2 aromatic heterocycles. The molecule has 0 aliphatic heterocycles. The first-order valence-corrected chi connectivity index (χ1v) is 10.0. The fraction of sp³-hybridized carbons (Fsp3) is 0.130. The van der Waals surface area contributed by atoms with E-state index in [1.54, 1.807) is 24.5 Å². The fourth-order valence-corrected chi connectivity index (χ4v) is 3.82. The minimum atomic E-state index is -0.238. The van der Waals surface area contributed by atoms with E-state index in [0.717, 1.165) is 28.1 Å². The Morgan fingerprint density at radius 1 is 1.03 bits per heavy atom. The van der Waals surface area contributed by atoms with Crippen molar-refractivity contribution < 1.29 is 4.39 Å². The summed E-state index contributed by atoms with van der Waals surface area (Å²) in [5.74, 6) is -0.238. The fourth-order valence-electron chi connectivity index (χ4n) is 3.36. The molecule has 0 aliphatic rings. The molecule has 0 unspecified atom stereocenters. The van der Waals surface area contributed by atoms with Crippen LogP contribution in [0, 0.1) is 17.5 Å². The van der Waals surface area contributed by atoms with E-state index in [2.05, 4.69) is 4.98 Å². The summed E-state index contributed by atoms with van der Waals surface area (Å²) in [6.07, 6.45) is 6.15. The molecule has 29 heavy (non-hydrogen) atoms. The topological polar surface area (TPSA) is 22.8 Å². The van der Waals surface area contributed by atoms with Crippen LogP contribution in [0.5, 0.6) is 0 Å². The summed E-state index contributed by atoms with van der Waals surface area (Å²) in [6, 6.07) is 16.4. The molecule has 0 spiro atoms. The van der Waals surface area contributed by atoms with Crippen LogP contribution >= 0.6 is 23.8 Å². The molecule has 0 atom stereocenters. The summed E-state index contributed by atoms with van der Waals surface area (Å²) in [4.78, 5) is 4.07. The summed E-state index contributed by atoms with van der Waals surface area (Å²) in [5, 5.41) is 0.666. The molecule has 2 aromatic carbocycles. The molecule has 4 aromatic rings. The molecule has 0 saturated heterocycles.